The van der Waals surface area contributed by atoms with Gasteiger partial charge in [0.05, 0.1) is 29.7 Å². The number of hydrogen-bond donors (Lipinski definition) is 1. The van der Waals surface area contributed by atoms with E-state index in [-0.39, 0.29) is 18.5 Å². The number of carboxylic acid groups (broad SMARTS) is 1. The molecule has 0 unspecified atom stereocenters. The lowest BCUT2D eigenvalue weighted by atomic mass is 10.0. The number of para-hydroxylation sites is 1. The molecule has 2 fully saturated rings. The number of likely N-dealkylation sites (N-methyl/N-ethyl adjacent to an activating group) is 1. The molecular weight excluding hydrogens is 368 g/mol. The lowest BCUT2D eigenvalue weighted by molar-refractivity contribution is -0.139. The Morgan fingerprint density at radius 3 is 2.41 bits per heavy atom. The molecule has 1 amide bonds. The largest absolute Gasteiger partial charge is 0.480 e. The van der Waals surface area contributed by atoms with E-state index in [9.17, 15) is 9.59 Å². The summed E-state index contributed by atoms with van der Waals surface area (Å²) in [5, 5.41) is 13.7. The molecule has 7 heteroatoms. The predicted molar refractivity (Wildman–Crippen MR) is 109 cm³/mol. The van der Waals surface area contributed by atoms with Crippen molar-refractivity contribution in [1.82, 2.24) is 19.6 Å². The maximum Gasteiger partial charge on any atom is 0.317 e. The quantitative estimate of drug-likeness (QED) is 0.779. The highest BCUT2D eigenvalue weighted by Crippen LogP contribution is 2.42. The number of aliphatic carboxylic acids is 1. The van der Waals surface area contributed by atoms with Crippen LogP contribution < -0.4 is 0 Å². The zero-order valence-electron chi connectivity index (χ0n) is 16.8. The van der Waals surface area contributed by atoms with Crippen LogP contribution in [0.2, 0.25) is 0 Å². The Morgan fingerprint density at radius 1 is 1.14 bits per heavy atom. The van der Waals surface area contributed by atoms with Crippen molar-refractivity contribution < 1.29 is 14.7 Å². The van der Waals surface area contributed by atoms with Gasteiger partial charge in [-0.15, -0.1) is 0 Å². The second kappa shape index (κ2) is 8.37. The van der Waals surface area contributed by atoms with Gasteiger partial charge in [0.1, 0.15) is 0 Å². The summed E-state index contributed by atoms with van der Waals surface area (Å²) in [4.78, 5) is 28.3. The molecule has 2 heterocycles. The van der Waals surface area contributed by atoms with Crippen LogP contribution in [-0.4, -0.2) is 68.8 Å². The van der Waals surface area contributed by atoms with Crippen molar-refractivity contribution in [3.8, 4) is 5.69 Å². The number of likely N-dealkylation sites (tertiary alicyclic amines) is 1. The van der Waals surface area contributed by atoms with Gasteiger partial charge in [-0.05, 0) is 44.4 Å². The number of carbonyl (C=O) groups is 2. The third-order valence-electron chi connectivity index (χ3n) is 6.01. The van der Waals surface area contributed by atoms with Crippen molar-refractivity contribution >= 4 is 11.9 Å². The van der Waals surface area contributed by atoms with E-state index in [0.717, 1.165) is 37.1 Å². The summed E-state index contributed by atoms with van der Waals surface area (Å²) in [6.45, 7) is 4.06. The molecular formula is C22H28N4O3. The van der Waals surface area contributed by atoms with Crippen LogP contribution in [0.3, 0.4) is 0 Å². The van der Waals surface area contributed by atoms with Gasteiger partial charge in [0, 0.05) is 25.0 Å². The molecule has 1 saturated carbocycles. The Balaban J connectivity index is 1.48. The van der Waals surface area contributed by atoms with E-state index >= 15 is 0 Å². The molecule has 0 atom stereocenters. The standard InChI is InChI=1S/C22H28N4O3/c1-2-24(15-20(27)28)17-10-12-25(13-11-17)22(29)19-14-23-26(21(19)16-8-9-16)18-6-4-3-5-7-18/h3-7,14,16-17H,2,8-13,15H2,1H3,(H,27,28). The van der Waals surface area contributed by atoms with Gasteiger partial charge >= 0.3 is 5.97 Å². The van der Waals surface area contributed by atoms with E-state index in [1.807, 2.05) is 51.7 Å². The highest BCUT2D eigenvalue weighted by Gasteiger charge is 2.35. The topological polar surface area (TPSA) is 78.7 Å². The zero-order chi connectivity index (χ0) is 20.4. The van der Waals surface area contributed by atoms with E-state index in [0.29, 0.717) is 31.1 Å². The number of carboxylic acids is 1. The number of amides is 1. The molecule has 29 heavy (non-hydrogen) atoms. The van der Waals surface area contributed by atoms with Gasteiger partial charge in [0.25, 0.3) is 5.91 Å². The second-order valence-electron chi connectivity index (χ2n) is 7.95. The second-order valence-corrected chi connectivity index (χ2v) is 7.95. The average Bonchev–Trinajstić information content (AvgIpc) is 3.50. The monoisotopic (exact) mass is 396 g/mol. The molecule has 154 valence electrons. The van der Waals surface area contributed by atoms with Gasteiger partial charge in [0.2, 0.25) is 0 Å². The van der Waals surface area contributed by atoms with Crippen LogP contribution in [0.15, 0.2) is 36.5 Å². The van der Waals surface area contributed by atoms with Crippen LogP contribution >= 0.6 is 0 Å². The van der Waals surface area contributed by atoms with Crippen LogP contribution in [0.1, 0.15) is 54.6 Å². The van der Waals surface area contributed by atoms with Gasteiger partial charge in [-0.25, -0.2) is 4.68 Å². The summed E-state index contributed by atoms with van der Waals surface area (Å²) in [6.07, 6.45) is 5.53. The molecule has 0 bridgehead atoms. The molecule has 7 nitrogen and oxygen atoms in total. The number of hydrogen-bond acceptors (Lipinski definition) is 4. The maximum absolute atomic E-state index is 13.3. The highest BCUT2D eigenvalue weighted by molar-refractivity contribution is 5.95. The Labute approximate surface area is 170 Å². The van der Waals surface area contributed by atoms with E-state index in [2.05, 4.69) is 5.10 Å². The number of rotatable bonds is 7. The van der Waals surface area contributed by atoms with Crippen molar-refractivity contribution in [2.75, 3.05) is 26.2 Å². The van der Waals surface area contributed by atoms with E-state index < -0.39 is 5.97 Å². The van der Waals surface area contributed by atoms with Crippen molar-refractivity contribution in [2.24, 2.45) is 0 Å². The fraction of sp³-hybridized carbons (Fsp3) is 0.500. The maximum atomic E-state index is 13.3. The normalized spacial score (nSPS) is 17.7. The smallest absolute Gasteiger partial charge is 0.317 e. The van der Waals surface area contributed by atoms with Crippen LogP contribution in [0.4, 0.5) is 0 Å². The fourth-order valence-corrected chi connectivity index (χ4v) is 4.32. The number of piperidine rings is 1. The number of aromatic nitrogens is 2. The lowest BCUT2D eigenvalue weighted by Gasteiger charge is -2.37. The molecule has 1 saturated heterocycles. The Bertz CT molecular complexity index is 867. The third-order valence-corrected chi connectivity index (χ3v) is 6.01. The molecule has 0 radical (unpaired) electrons. The van der Waals surface area contributed by atoms with Crippen LogP contribution in [0, 0.1) is 0 Å². The summed E-state index contributed by atoms with van der Waals surface area (Å²) >= 11 is 0. The fourth-order valence-electron chi connectivity index (χ4n) is 4.32. The molecule has 0 spiro atoms. The highest BCUT2D eigenvalue weighted by atomic mass is 16.4. The average molecular weight is 396 g/mol. The van der Waals surface area contributed by atoms with Gasteiger partial charge in [0.15, 0.2) is 0 Å². The van der Waals surface area contributed by atoms with Gasteiger partial charge in [-0.2, -0.15) is 5.10 Å². The van der Waals surface area contributed by atoms with E-state index in [4.69, 9.17) is 5.11 Å². The van der Waals surface area contributed by atoms with E-state index in [1.54, 1.807) is 6.20 Å². The Hall–Kier alpha value is -2.67. The molecule has 1 aliphatic heterocycles. The molecule has 1 aromatic heterocycles. The number of nitrogens with zero attached hydrogens (tertiary/aromatic N) is 4. The molecule has 2 aromatic rings. The van der Waals surface area contributed by atoms with Gasteiger partial charge in [-0.1, -0.05) is 25.1 Å². The lowest BCUT2D eigenvalue weighted by Crippen LogP contribution is -2.48. The minimum atomic E-state index is -0.798. The first-order valence-corrected chi connectivity index (χ1v) is 10.5. The van der Waals surface area contributed by atoms with Crippen molar-refractivity contribution in [2.45, 2.75) is 44.6 Å². The number of benzene rings is 1. The summed E-state index contributed by atoms with van der Waals surface area (Å²) in [7, 11) is 0. The van der Waals surface area contributed by atoms with Crippen LogP contribution in [-0.2, 0) is 4.79 Å². The molecule has 1 aromatic carbocycles. The summed E-state index contributed by atoms with van der Waals surface area (Å²) in [6, 6.07) is 10.2. The van der Waals surface area contributed by atoms with Crippen LogP contribution in [0.25, 0.3) is 5.69 Å². The number of carbonyl (C=O) groups excluding carboxylic acids is 1. The minimum Gasteiger partial charge on any atom is -0.480 e. The molecule has 4 rings (SSSR count). The van der Waals surface area contributed by atoms with Gasteiger partial charge in [-0.3, -0.25) is 14.5 Å². The SMILES string of the molecule is CCN(CC(=O)O)C1CCN(C(=O)c2cnn(-c3ccccc3)c2C2CC2)CC1. The summed E-state index contributed by atoms with van der Waals surface area (Å²) in [5.74, 6) is -0.345. The predicted octanol–water partition coefficient (Wildman–Crippen LogP) is 2.76. The zero-order valence-corrected chi connectivity index (χ0v) is 16.8. The van der Waals surface area contributed by atoms with Crippen LogP contribution in [0.5, 0.6) is 0 Å². The molecule has 1 N–H and O–H groups in total. The Morgan fingerprint density at radius 2 is 1.83 bits per heavy atom. The first-order chi connectivity index (χ1) is 14.1. The third kappa shape index (κ3) is 4.19. The molecule has 1 aliphatic carbocycles. The summed E-state index contributed by atoms with van der Waals surface area (Å²) in [5.41, 5.74) is 2.73. The first-order valence-electron chi connectivity index (χ1n) is 10.5. The van der Waals surface area contributed by atoms with Gasteiger partial charge < -0.3 is 10.0 Å². The van der Waals surface area contributed by atoms with E-state index in [1.165, 1.54) is 0 Å². The first kappa shape index (κ1) is 19.6. The minimum absolute atomic E-state index is 0.0498. The molecule has 2 aliphatic rings. The van der Waals surface area contributed by atoms with Crippen molar-refractivity contribution in [3.63, 3.8) is 0 Å². The van der Waals surface area contributed by atoms with Crippen molar-refractivity contribution in [3.05, 3.63) is 47.8 Å². The van der Waals surface area contributed by atoms with Crippen molar-refractivity contribution in [1.29, 1.82) is 0 Å². The Kier molecular flexibility index (Phi) is 5.67. The summed E-state index contributed by atoms with van der Waals surface area (Å²) < 4.78 is 1.92.